The van der Waals surface area contributed by atoms with Gasteiger partial charge in [-0.15, -0.1) is 11.3 Å². The minimum atomic E-state index is 0.0434. The van der Waals surface area contributed by atoms with Crippen LogP contribution < -0.4 is 5.32 Å². The van der Waals surface area contributed by atoms with Crippen LogP contribution in [0.2, 0.25) is 0 Å². The fourth-order valence-electron chi connectivity index (χ4n) is 3.77. The van der Waals surface area contributed by atoms with E-state index >= 15 is 0 Å². The predicted octanol–water partition coefficient (Wildman–Crippen LogP) is 5.38. The van der Waals surface area contributed by atoms with E-state index in [1.807, 2.05) is 18.2 Å². The molecule has 0 aliphatic carbocycles. The zero-order valence-electron chi connectivity index (χ0n) is 16.4. The lowest BCUT2D eigenvalue weighted by Crippen LogP contribution is -2.04. The van der Waals surface area contributed by atoms with Crippen LogP contribution in [0.1, 0.15) is 17.5 Å². The van der Waals surface area contributed by atoms with Crippen LogP contribution in [0.15, 0.2) is 67.1 Å². The second-order valence-corrected chi connectivity index (χ2v) is 8.35. The first-order chi connectivity index (χ1) is 14.8. The molecule has 6 heteroatoms. The summed E-state index contributed by atoms with van der Waals surface area (Å²) in [6, 6.07) is 18.5. The van der Waals surface area contributed by atoms with Gasteiger partial charge in [0.1, 0.15) is 12.1 Å². The summed E-state index contributed by atoms with van der Waals surface area (Å²) in [6.07, 6.45) is 5.75. The van der Waals surface area contributed by atoms with Gasteiger partial charge in [0.05, 0.1) is 16.8 Å². The highest BCUT2D eigenvalue weighted by atomic mass is 32.1. The minimum Gasteiger partial charge on any atom is -0.392 e. The van der Waals surface area contributed by atoms with E-state index in [1.165, 1.54) is 16.5 Å². The third-order valence-corrected chi connectivity index (χ3v) is 6.48. The van der Waals surface area contributed by atoms with Gasteiger partial charge in [0.15, 0.2) is 0 Å². The summed E-state index contributed by atoms with van der Waals surface area (Å²) in [5.41, 5.74) is 5.48. The molecule has 0 unspecified atom stereocenters. The van der Waals surface area contributed by atoms with Crippen LogP contribution in [0.3, 0.4) is 0 Å². The van der Waals surface area contributed by atoms with E-state index in [9.17, 15) is 5.11 Å². The van der Waals surface area contributed by atoms with Crippen LogP contribution in [-0.2, 0) is 13.0 Å². The molecule has 0 aliphatic rings. The van der Waals surface area contributed by atoms with Crippen LogP contribution in [0, 0.1) is 0 Å². The number of benzene rings is 2. The highest BCUT2D eigenvalue weighted by molar-refractivity contribution is 7.22. The van der Waals surface area contributed by atoms with Crippen molar-refractivity contribution in [3.8, 4) is 10.4 Å². The zero-order valence-corrected chi connectivity index (χ0v) is 17.2. The topological polar surface area (TPSA) is 73.8 Å². The number of para-hydroxylation sites is 1. The van der Waals surface area contributed by atoms with Gasteiger partial charge in [-0.25, -0.2) is 9.97 Å². The molecule has 0 saturated carbocycles. The number of anilines is 1. The molecule has 5 rings (SSSR count). The summed E-state index contributed by atoms with van der Waals surface area (Å²) in [5.74, 6) is 0.883. The van der Waals surface area contributed by atoms with Gasteiger partial charge in [-0.2, -0.15) is 0 Å². The Morgan fingerprint density at radius 2 is 1.97 bits per heavy atom. The van der Waals surface area contributed by atoms with E-state index in [4.69, 9.17) is 0 Å². The Morgan fingerprint density at radius 3 is 2.90 bits per heavy atom. The van der Waals surface area contributed by atoms with Gasteiger partial charge >= 0.3 is 0 Å². The molecule has 0 aliphatic heterocycles. The first-order valence-corrected chi connectivity index (χ1v) is 10.9. The van der Waals surface area contributed by atoms with Crippen molar-refractivity contribution in [2.75, 3.05) is 11.9 Å². The van der Waals surface area contributed by atoms with Gasteiger partial charge < -0.3 is 15.4 Å². The second-order valence-electron chi connectivity index (χ2n) is 7.30. The molecule has 0 saturated heterocycles. The van der Waals surface area contributed by atoms with Gasteiger partial charge in [-0.1, -0.05) is 36.4 Å². The summed E-state index contributed by atoms with van der Waals surface area (Å²) in [5, 5.41) is 14.2. The normalized spacial score (nSPS) is 11.4. The molecular formula is C24H22N4OS. The Kier molecular flexibility index (Phi) is 5.17. The molecule has 3 aromatic heterocycles. The molecule has 0 fully saturated rings. The molecule has 3 heterocycles. The summed E-state index contributed by atoms with van der Waals surface area (Å²) in [7, 11) is 0. The zero-order chi connectivity index (χ0) is 20.3. The number of aromatic nitrogens is 3. The van der Waals surface area contributed by atoms with Crippen LogP contribution >= 0.6 is 11.3 Å². The molecule has 2 aromatic carbocycles. The first-order valence-electron chi connectivity index (χ1n) is 10.1. The summed E-state index contributed by atoms with van der Waals surface area (Å²) in [4.78, 5) is 13.4. The summed E-state index contributed by atoms with van der Waals surface area (Å²) < 4.78 is 1.06. The Morgan fingerprint density at radius 1 is 1.03 bits per heavy atom. The van der Waals surface area contributed by atoms with Crippen molar-refractivity contribution in [2.45, 2.75) is 19.4 Å². The number of thiophene rings is 1. The minimum absolute atomic E-state index is 0.0434. The largest absolute Gasteiger partial charge is 0.392 e. The van der Waals surface area contributed by atoms with Gasteiger partial charge in [0.2, 0.25) is 0 Å². The molecule has 5 aromatic rings. The summed E-state index contributed by atoms with van der Waals surface area (Å²) in [6.45, 7) is 0.890. The van der Waals surface area contributed by atoms with Crippen molar-refractivity contribution in [3.05, 3.63) is 78.2 Å². The van der Waals surface area contributed by atoms with Gasteiger partial charge in [-0.05, 0) is 47.7 Å². The van der Waals surface area contributed by atoms with E-state index in [0.29, 0.717) is 0 Å². The van der Waals surface area contributed by atoms with Crippen LogP contribution in [-0.4, -0.2) is 26.6 Å². The van der Waals surface area contributed by atoms with E-state index in [1.54, 1.807) is 17.7 Å². The number of rotatable bonds is 7. The lowest BCUT2D eigenvalue weighted by atomic mass is 10.1. The van der Waals surface area contributed by atoms with Crippen LogP contribution in [0.5, 0.6) is 0 Å². The van der Waals surface area contributed by atoms with Crippen molar-refractivity contribution in [1.29, 1.82) is 0 Å². The van der Waals surface area contributed by atoms with Crippen molar-refractivity contribution in [3.63, 3.8) is 0 Å². The maximum Gasteiger partial charge on any atom is 0.147 e. The van der Waals surface area contributed by atoms with E-state index < -0.39 is 0 Å². The molecule has 0 radical (unpaired) electrons. The second kappa shape index (κ2) is 8.26. The van der Waals surface area contributed by atoms with E-state index in [2.05, 4.69) is 62.9 Å². The molecule has 150 valence electrons. The Hall–Kier alpha value is -3.22. The smallest absolute Gasteiger partial charge is 0.147 e. The third kappa shape index (κ3) is 3.67. The number of fused-ring (bicyclic) bond motifs is 2. The Bertz CT molecular complexity index is 1310. The van der Waals surface area contributed by atoms with Gasteiger partial charge in [0, 0.05) is 28.5 Å². The lowest BCUT2D eigenvalue weighted by Gasteiger charge is -2.06. The number of hydrogen-bond acceptors (Lipinski definition) is 5. The Labute approximate surface area is 178 Å². The van der Waals surface area contributed by atoms with Crippen molar-refractivity contribution in [1.82, 2.24) is 15.0 Å². The maximum atomic E-state index is 9.41. The van der Waals surface area contributed by atoms with Gasteiger partial charge in [-0.3, -0.25) is 0 Å². The number of hydrogen-bond donors (Lipinski definition) is 3. The number of nitrogens with one attached hydrogen (secondary N) is 2. The third-order valence-electron chi connectivity index (χ3n) is 5.30. The number of nitrogens with zero attached hydrogens (tertiary/aromatic N) is 2. The molecule has 0 amide bonds. The summed E-state index contributed by atoms with van der Waals surface area (Å²) >= 11 is 1.68. The Balaban J connectivity index is 1.30. The standard InChI is InChI=1S/C24H22N4OS/c29-14-16-5-3-6-17(11-16)22-12-21-23(30-22)24(28-15-27-21)25-10-4-7-18-13-26-20-9-2-1-8-19(18)20/h1-3,5-6,8-9,11-13,15,26,29H,4,7,10,14H2,(H,25,27,28). The number of aliphatic hydroxyl groups is 1. The first kappa shape index (κ1) is 18.8. The molecular weight excluding hydrogens is 392 g/mol. The van der Waals surface area contributed by atoms with Crippen LogP contribution in [0.4, 0.5) is 5.82 Å². The lowest BCUT2D eigenvalue weighted by molar-refractivity contribution is 0.282. The highest BCUT2D eigenvalue weighted by Gasteiger charge is 2.11. The average Bonchev–Trinajstić information content (AvgIpc) is 3.41. The molecule has 3 N–H and O–H groups in total. The average molecular weight is 415 g/mol. The van der Waals surface area contributed by atoms with Crippen molar-refractivity contribution in [2.24, 2.45) is 0 Å². The monoisotopic (exact) mass is 414 g/mol. The van der Waals surface area contributed by atoms with Crippen LogP contribution in [0.25, 0.3) is 31.6 Å². The van der Waals surface area contributed by atoms with Crippen molar-refractivity contribution < 1.29 is 5.11 Å². The van der Waals surface area contributed by atoms with E-state index in [-0.39, 0.29) is 6.61 Å². The van der Waals surface area contributed by atoms with E-state index in [0.717, 1.165) is 51.4 Å². The number of aliphatic hydroxyl groups excluding tert-OH is 1. The molecule has 5 nitrogen and oxygen atoms in total. The predicted molar refractivity (Wildman–Crippen MR) is 124 cm³/mol. The number of H-pyrrole nitrogens is 1. The molecule has 0 spiro atoms. The maximum absolute atomic E-state index is 9.41. The fourth-order valence-corrected chi connectivity index (χ4v) is 4.84. The molecule has 0 bridgehead atoms. The highest BCUT2D eigenvalue weighted by Crippen LogP contribution is 2.35. The van der Waals surface area contributed by atoms with Crippen molar-refractivity contribution >= 4 is 38.3 Å². The van der Waals surface area contributed by atoms with Gasteiger partial charge in [0.25, 0.3) is 0 Å². The number of aromatic amines is 1. The number of aryl methyl sites for hydroxylation is 1. The molecule has 30 heavy (non-hydrogen) atoms. The SMILES string of the molecule is OCc1cccc(-c2cc3ncnc(NCCCc4c[nH]c5ccccc45)c3s2)c1. The fraction of sp³-hybridized carbons (Fsp3) is 0.167. The molecule has 0 atom stereocenters. The quantitative estimate of drug-likeness (QED) is 0.313.